The van der Waals surface area contributed by atoms with Crippen LogP contribution in [-0.4, -0.2) is 4.57 Å². The lowest BCUT2D eigenvalue weighted by molar-refractivity contribution is 0.572. The van der Waals surface area contributed by atoms with Crippen LogP contribution >= 0.6 is 11.8 Å². The Balaban J connectivity index is 1.36. The predicted octanol–water partition coefficient (Wildman–Crippen LogP) is 9.98. The van der Waals surface area contributed by atoms with E-state index < -0.39 is 0 Å². The molecular weight excluding hydrogens is 536 g/mol. The van der Waals surface area contributed by atoms with Crippen molar-refractivity contribution in [2.75, 3.05) is 4.90 Å². The Labute approximate surface area is 245 Å². The first-order chi connectivity index (χ1) is 20.8. The fourth-order valence-corrected chi connectivity index (χ4v) is 7.47. The van der Waals surface area contributed by atoms with E-state index in [2.05, 4.69) is 119 Å². The average Bonchev–Trinajstić information content (AvgIpc) is 3.39. The van der Waals surface area contributed by atoms with Crippen LogP contribution in [0.4, 0.5) is 17.1 Å². The van der Waals surface area contributed by atoms with Crippen LogP contribution in [0.1, 0.15) is 0 Å². The second-order valence-corrected chi connectivity index (χ2v) is 11.6. The fourth-order valence-electron chi connectivity index (χ4n) is 6.41. The Morgan fingerprint density at radius 2 is 1.14 bits per heavy atom. The normalized spacial score (nSPS) is 12.7. The molecule has 1 aliphatic heterocycles. The summed E-state index contributed by atoms with van der Waals surface area (Å²) in [5, 5.41) is 4.58. The van der Waals surface area contributed by atoms with Crippen LogP contribution in [-0.2, 0) is 0 Å². The van der Waals surface area contributed by atoms with Gasteiger partial charge in [0.1, 0.15) is 0 Å². The molecule has 0 N–H and O–H groups in total. The first kappa shape index (κ1) is 23.4. The Kier molecular flexibility index (Phi) is 4.95. The van der Waals surface area contributed by atoms with Gasteiger partial charge >= 0.3 is 5.63 Å². The molecule has 0 aliphatic carbocycles. The molecule has 0 bridgehead atoms. The van der Waals surface area contributed by atoms with Gasteiger partial charge in [-0.1, -0.05) is 84.6 Å². The van der Waals surface area contributed by atoms with Crippen LogP contribution in [0.25, 0.3) is 49.2 Å². The summed E-state index contributed by atoms with van der Waals surface area (Å²) in [6.07, 6.45) is 0. The topological polar surface area (TPSA) is 38.4 Å². The number of anilines is 3. The van der Waals surface area contributed by atoms with Crippen molar-refractivity contribution in [3.05, 3.63) is 144 Å². The highest BCUT2D eigenvalue weighted by atomic mass is 32.2. The number of para-hydroxylation sites is 3. The van der Waals surface area contributed by atoms with Gasteiger partial charge in [0, 0.05) is 37.3 Å². The third-order valence-electron chi connectivity index (χ3n) is 8.20. The minimum Gasteiger partial charge on any atom is -0.420 e. The Bertz CT molecular complexity index is 2390. The summed E-state index contributed by atoms with van der Waals surface area (Å²) in [5.74, 6) is 0. The summed E-state index contributed by atoms with van der Waals surface area (Å²) in [7, 11) is 0. The summed E-state index contributed by atoms with van der Waals surface area (Å²) >= 11 is 1.80. The van der Waals surface area contributed by atoms with Crippen LogP contribution in [0.3, 0.4) is 0 Å². The zero-order chi connectivity index (χ0) is 27.8. The number of hydrogen-bond donors (Lipinski definition) is 0. The number of hydrogen-bond acceptors (Lipinski definition) is 4. The molecule has 0 radical (unpaired) electrons. The van der Waals surface area contributed by atoms with E-state index in [-0.39, 0.29) is 5.63 Å². The van der Waals surface area contributed by atoms with E-state index in [4.69, 9.17) is 4.42 Å². The van der Waals surface area contributed by atoms with Gasteiger partial charge < -0.3 is 13.9 Å². The zero-order valence-corrected chi connectivity index (χ0v) is 23.1. The molecule has 9 rings (SSSR count). The van der Waals surface area contributed by atoms with E-state index in [9.17, 15) is 4.79 Å². The van der Waals surface area contributed by atoms with Gasteiger partial charge in [0.05, 0.1) is 27.8 Å². The lowest BCUT2D eigenvalue weighted by Gasteiger charge is -2.33. The molecule has 0 atom stereocenters. The minimum atomic E-state index is -0.324. The van der Waals surface area contributed by atoms with E-state index >= 15 is 0 Å². The number of fused-ring (bicyclic) bond motifs is 9. The molecule has 1 aliphatic rings. The average molecular weight is 559 g/mol. The monoisotopic (exact) mass is 558 g/mol. The third-order valence-corrected chi connectivity index (χ3v) is 9.33. The summed E-state index contributed by atoms with van der Waals surface area (Å²) in [6.45, 7) is 0. The molecule has 8 aromatic rings. The van der Waals surface area contributed by atoms with E-state index in [1.807, 2.05) is 24.3 Å². The van der Waals surface area contributed by atoms with Crippen LogP contribution in [0.5, 0.6) is 0 Å². The molecular formula is C37H22N2O2S. The van der Waals surface area contributed by atoms with Gasteiger partial charge in [-0.15, -0.1) is 0 Å². The largest absolute Gasteiger partial charge is 0.420 e. The summed E-state index contributed by atoms with van der Waals surface area (Å²) in [5.41, 5.74) is 6.60. The number of nitrogens with zero attached hydrogens (tertiary/aromatic N) is 2. The first-order valence-electron chi connectivity index (χ1n) is 13.9. The molecule has 0 spiro atoms. The van der Waals surface area contributed by atoms with E-state index in [1.165, 1.54) is 9.79 Å². The Morgan fingerprint density at radius 1 is 0.524 bits per heavy atom. The van der Waals surface area contributed by atoms with E-state index in [0.29, 0.717) is 11.0 Å². The van der Waals surface area contributed by atoms with Gasteiger partial charge in [-0.05, 0) is 66.0 Å². The summed E-state index contributed by atoms with van der Waals surface area (Å²) < 4.78 is 8.37. The maximum absolute atomic E-state index is 13.2. The predicted molar refractivity (Wildman–Crippen MR) is 173 cm³/mol. The lowest BCUT2D eigenvalue weighted by atomic mass is 10.1. The van der Waals surface area contributed by atoms with Crippen LogP contribution < -0.4 is 10.5 Å². The van der Waals surface area contributed by atoms with Crippen LogP contribution in [0, 0.1) is 0 Å². The van der Waals surface area contributed by atoms with Crippen molar-refractivity contribution in [2.24, 2.45) is 0 Å². The van der Waals surface area contributed by atoms with Crippen molar-refractivity contribution < 1.29 is 4.42 Å². The Morgan fingerprint density at radius 3 is 1.93 bits per heavy atom. The SMILES string of the molecule is O=c1oc2c(ccc3c4ccccc4n(-c4cccc(N5c6ccccc6Sc6ccccc65)c4)c32)c2ccccc12. The molecule has 3 heterocycles. The lowest BCUT2D eigenvalue weighted by Crippen LogP contribution is -2.15. The second-order valence-electron chi connectivity index (χ2n) is 10.5. The van der Waals surface area contributed by atoms with Crippen LogP contribution in [0.2, 0.25) is 0 Å². The first-order valence-corrected chi connectivity index (χ1v) is 14.7. The van der Waals surface area contributed by atoms with Crippen molar-refractivity contribution in [3.63, 3.8) is 0 Å². The highest BCUT2D eigenvalue weighted by Gasteiger charge is 2.25. The van der Waals surface area contributed by atoms with Gasteiger partial charge in [-0.3, -0.25) is 0 Å². The minimum absolute atomic E-state index is 0.324. The smallest absolute Gasteiger partial charge is 0.344 e. The van der Waals surface area contributed by atoms with E-state index in [1.54, 1.807) is 11.8 Å². The molecule has 42 heavy (non-hydrogen) atoms. The van der Waals surface area contributed by atoms with Gasteiger partial charge in [-0.2, -0.15) is 0 Å². The standard InChI is InChI=1S/C37H22N2O2S/c40-37-29-14-2-1-12-25(29)28-21-20-27-26-13-3-4-15-30(26)39(35(27)36(28)41-37)24-11-9-10-23(22-24)38-31-16-5-7-18-33(31)42-34-19-8-6-17-32(34)38/h1-22H. The number of aromatic nitrogens is 1. The highest BCUT2D eigenvalue weighted by Crippen LogP contribution is 2.51. The zero-order valence-electron chi connectivity index (χ0n) is 22.3. The fraction of sp³-hybridized carbons (Fsp3) is 0. The Hall–Kier alpha value is -5.26. The molecule has 2 aromatic heterocycles. The van der Waals surface area contributed by atoms with Gasteiger partial charge in [0.2, 0.25) is 0 Å². The molecule has 4 nitrogen and oxygen atoms in total. The maximum atomic E-state index is 13.2. The number of rotatable bonds is 2. The molecule has 0 fully saturated rings. The van der Waals surface area contributed by atoms with E-state index in [0.717, 1.165) is 55.3 Å². The second kappa shape index (κ2) is 8.87. The van der Waals surface area contributed by atoms with Crippen molar-refractivity contribution in [1.29, 1.82) is 0 Å². The van der Waals surface area contributed by atoms with Gasteiger partial charge in [0.15, 0.2) is 5.58 Å². The van der Waals surface area contributed by atoms with Crippen LogP contribution in [0.15, 0.2) is 152 Å². The quantitative estimate of drug-likeness (QED) is 0.156. The summed E-state index contributed by atoms with van der Waals surface area (Å²) in [6, 6.07) is 46.0. The molecule has 0 saturated heterocycles. The highest BCUT2D eigenvalue weighted by molar-refractivity contribution is 7.99. The molecule has 0 saturated carbocycles. The van der Waals surface area contributed by atoms with Gasteiger partial charge in [0.25, 0.3) is 0 Å². The molecule has 5 heteroatoms. The molecule has 198 valence electrons. The van der Waals surface area contributed by atoms with Crippen molar-refractivity contribution in [1.82, 2.24) is 4.57 Å². The maximum Gasteiger partial charge on any atom is 0.344 e. The van der Waals surface area contributed by atoms with Crippen molar-refractivity contribution >= 4 is 72.4 Å². The third kappa shape index (κ3) is 3.28. The van der Waals surface area contributed by atoms with Crippen molar-refractivity contribution in [2.45, 2.75) is 9.79 Å². The molecule has 6 aromatic carbocycles. The molecule has 0 unspecified atom stereocenters. The van der Waals surface area contributed by atoms with Gasteiger partial charge in [-0.25, -0.2) is 4.79 Å². The summed E-state index contributed by atoms with van der Waals surface area (Å²) in [4.78, 5) is 18.0. The van der Waals surface area contributed by atoms with Crippen molar-refractivity contribution in [3.8, 4) is 5.69 Å². The molecule has 0 amide bonds. The number of benzene rings is 6.